The van der Waals surface area contributed by atoms with Crippen LogP contribution in [0.2, 0.25) is 5.02 Å². The molecule has 33 heavy (non-hydrogen) atoms. The molecule has 0 unspecified atom stereocenters. The summed E-state index contributed by atoms with van der Waals surface area (Å²) < 4.78 is 6.78. The Kier molecular flexibility index (Phi) is 6.51. The number of benzene rings is 3. The number of hydrogen-bond acceptors (Lipinski definition) is 4. The molecule has 8 heteroatoms. The van der Waals surface area contributed by atoms with Crippen molar-refractivity contribution in [3.63, 3.8) is 0 Å². The van der Waals surface area contributed by atoms with E-state index in [0.29, 0.717) is 27.8 Å². The van der Waals surface area contributed by atoms with E-state index in [-0.39, 0.29) is 11.9 Å². The fourth-order valence-electron chi connectivity index (χ4n) is 3.48. The molecular formula is C25H24ClN5O2. The summed E-state index contributed by atoms with van der Waals surface area (Å²) in [6.07, 6.45) is 0. The molecule has 4 N–H and O–H groups in total. The predicted molar refractivity (Wildman–Crippen MR) is 132 cm³/mol. The molecule has 2 amide bonds. The zero-order valence-electron chi connectivity index (χ0n) is 18.2. The SMILES string of the molecule is COc1ccc(-c2nn(-c3ccccc3Cl)c(N)c2NC(=O)N[C@@H](C)c2ccccc2)cc1. The Labute approximate surface area is 197 Å². The van der Waals surface area contributed by atoms with Gasteiger partial charge in [-0.2, -0.15) is 5.10 Å². The average Bonchev–Trinajstić information content (AvgIpc) is 3.15. The number of nitrogen functional groups attached to an aromatic ring is 1. The summed E-state index contributed by atoms with van der Waals surface area (Å²) in [4.78, 5) is 12.9. The molecule has 1 atom stereocenters. The first-order chi connectivity index (χ1) is 16.0. The number of anilines is 2. The second kappa shape index (κ2) is 9.67. The first-order valence-corrected chi connectivity index (χ1v) is 10.8. The number of amides is 2. The van der Waals surface area contributed by atoms with Crippen LogP contribution in [0.3, 0.4) is 0 Å². The van der Waals surface area contributed by atoms with Crippen molar-refractivity contribution in [3.05, 3.63) is 89.4 Å². The molecule has 0 aliphatic rings. The smallest absolute Gasteiger partial charge is 0.319 e. The van der Waals surface area contributed by atoms with Crippen molar-refractivity contribution < 1.29 is 9.53 Å². The third-order valence-electron chi connectivity index (χ3n) is 5.25. The summed E-state index contributed by atoms with van der Waals surface area (Å²) in [5.74, 6) is 0.970. The quantitative estimate of drug-likeness (QED) is 0.345. The molecule has 0 fully saturated rings. The summed E-state index contributed by atoms with van der Waals surface area (Å²) in [6, 6.07) is 23.7. The van der Waals surface area contributed by atoms with E-state index in [9.17, 15) is 4.79 Å². The number of nitrogens with one attached hydrogen (secondary N) is 2. The van der Waals surface area contributed by atoms with E-state index in [2.05, 4.69) is 15.7 Å². The normalized spacial score (nSPS) is 11.6. The highest BCUT2D eigenvalue weighted by atomic mass is 35.5. The maximum absolute atomic E-state index is 12.9. The second-order valence-electron chi connectivity index (χ2n) is 7.43. The number of carbonyl (C=O) groups excluding carboxylic acids is 1. The number of aromatic nitrogens is 2. The van der Waals surface area contributed by atoms with Gasteiger partial charge in [0.05, 0.1) is 23.9 Å². The lowest BCUT2D eigenvalue weighted by Gasteiger charge is -2.15. The van der Waals surface area contributed by atoms with E-state index >= 15 is 0 Å². The van der Waals surface area contributed by atoms with Crippen LogP contribution in [0.15, 0.2) is 78.9 Å². The van der Waals surface area contributed by atoms with Gasteiger partial charge in [0.15, 0.2) is 5.82 Å². The van der Waals surface area contributed by atoms with Gasteiger partial charge < -0.3 is 21.1 Å². The standard InChI is InChI=1S/C25H24ClN5O2/c1-16(17-8-4-3-5-9-17)28-25(32)29-23-22(18-12-14-19(33-2)15-13-18)30-31(24(23)27)21-11-7-6-10-20(21)26/h3-16H,27H2,1-2H3,(H2,28,29,32)/t16-/m0/s1. The summed E-state index contributed by atoms with van der Waals surface area (Å²) in [6.45, 7) is 1.91. The summed E-state index contributed by atoms with van der Waals surface area (Å²) in [5.41, 5.74) is 9.72. The number of carbonyl (C=O) groups is 1. The lowest BCUT2D eigenvalue weighted by molar-refractivity contribution is 0.249. The third kappa shape index (κ3) is 4.78. The van der Waals surface area contributed by atoms with Gasteiger partial charge in [-0.1, -0.05) is 54.1 Å². The molecule has 1 aromatic heterocycles. The van der Waals surface area contributed by atoms with Crippen molar-refractivity contribution in [1.29, 1.82) is 0 Å². The summed E-state index contributed by atoms with van der Waals surface area (Å²) in [7, 11) is 1.60. The van der Waals surface area contributed by atoms with Gasteiger partial charge in [0, 0.05) is 5.56 Å². The number of hydrogen-bond donors (Lipinski definition) is 3. The molecule has 168 valence electrons. The minimum atomic E-state index is -0.397. The van der Waals surface area contributed by atoms with Crippen LogP contribution < -0.4 is 21.1 Å². The van der Waals surface area contributed by atoms with Crippen molar-refractivity contribution in [2.45, 2.75) is 13.0 Å². The van der Waals surface area contributed by atoms with Crippen LogP contribution in [0.25, 0.3) is 16.9 Å². The molecule has 3 aromatic carbocycles. The van der Waals surface area contributed by atoms with Gasteiger partial charge in [0.25, 0.3) is 0 Å². The Morgan fingerprint density at radius 3 is 2.36 bits per heavy atom. The van der Waals surface area contributed by atoms with Crippen molar-refractivity contribution in [3.8, 4) is 22.7 Å². The molecule has 0 spiro atoms. The van der Waals surface area contributed by atoms with Crippen molar-refractivity contribution >= 4 is 29.1 Å². The molecule has 0 aliphatic heterocycles. The molecule has 0 saturated heterocycles. The van der Waals surface area contributed by atoms with Crippen molar-refractivity contribution in [2.75, 3.05) is 18.2 Å². The van der Waals surface area contributed by atoms with Gasteiger partial charge in [0.2, 0.25) is 0 Å². The van der Waals surface area contributed by atoms with Crippen LogP contribution in [-0.2, 0) is 0 Å². The monoisotopic (exact) mass is 461 g/mol. The number of ether oxygens (including phenoxy) is 1. The molecule has 0 radical (unpaired) electrons. The van der Waals surface area contributed by atoms with E-state index in [1.54, 1.807) is 13.2 Å². The predicted octanol–water partition coefficient (Wildman–Crippen LogP) is 5.67. The highest BCUT2D eigenvalue weighted by Gasteiger charge is 2.22. The number of methoxy groups -OCH3 is 1. The fraction of sp³-hybridized carbons (Fsp3) is 0.120. The Bertz CT molecular complexity index is 1260. The zero-order valence-corrected chi connectivity index (χ0v) is 19.0. The molecular weight excluding hydrogens is 438 g/mol. The van der Waals surface area contributed by atoms with Crippen LogP contribution in [0, 0.1) is 0 Å². The third-order valence-corrected chi connectivity index (χ3v) is 5.57. The van der Waals surface area contributed by atoms with Gasteiger partial charge in [0.1, 0.15) is 17.1 Å². The average molecular weight is 462 g/mol. The van der Waals surface area contributed by atoms with Crippen LogP contribution >= 0.6 is 11.6 Å². The number of para-hydroxylation sites is 1. The summed E-state index contributed by atoms with van der Waals surface area (Å²) >= 11 is 6.39. The first kappa shape index (κ1) is 22.2. The van der Waals surface area contributed by atoms with E-state index in [0.717, 1.165) is 11.1 Å². The molecule has 1 heterocycles. The zero-order chi connectivity index (χ0) is 23.4. The highest BCUT2D eigenvalue weighted by molar-refractivity contribution is 6.32. The highest BCUT2D eigenvalue weighted by Crippen LogP contribution is 2.36. The molecule has 7 nitrogen and oxygen atoms in total. The molecule has 4 rings (SSSR count). The Morgan fingerprint density at radius 2 is 1.70 bits per heavy atom. The van der Waals surface area contributed by atoms with Crippen LogP contribution in [0.4, 0.5) is 16.3 Å². The fourth-order valence-corrected chi connectivity index (χ4v) is 3.70. The topological polar surface area (TPSA) is 94.2 Å². The van der Waals surface area contributed by atoms with Crippen molar-refractivity contribution in [2.24, 2.45) is 0 Å². The first-order valence-electron chi connectivity index (χ1n) is 10.4. The Balaban J connectivity index is 1.70. The van der Waals surface area contributed by atoms with E-state index < -0.39 is 6.03 Å². The van der Waals surface area contributed by atoms with Gasteiger partial charge in [-0.25, -0.2) is 9.48 Å². The molecule has 0 bridgehead atoms. The van der Waals surface area contributed by atoms with Gasteiger partial charge in [-0.15, -0.1) is 0 Å². The number of nitrogens with two attached hydrogens (primary N) is 1. The maximum atomic E-state index is 12.9. The number of urea groups is 1. The molecule has 0 aliphatic carbocycles. The van der Waals surface area contributed by atoms with Gasteiger partial charge >= 0.3 is 6.03 Å². The Hall–Kier alpha value is -3.97. The number of nitrogens with zero attached hydrogens (tertiary/aromatic N) is 2. The number of rotatable bonds is 6. The van der Waals surface area contributed by atoms with E-state index in [1.165, 1.54) is 4.68 Å². The van der Waals surface area contributed by atoms with Gasteiger partial charge in [-0.3, -0.25) is 0 Å². The van der Waals surface area contributed by atoms with Crippen molar-refractivity contribution in [1.82, 2.24) is 15.1 Å². The van der Waals surface area contributed by atoms with Gasteiger partial charge in [-0.05, 0) is 48.9 Å². The second-order valence-corrected chi connectivity index (χ2v) is 7.84. The Morgan fingerprint density at radius 1 is 1.03 bits per heavy atom. The molecule has 4 aromatic rings. The van der Waals surface area contributed by atoms with E-state index in [4.69, 9.17) is 22.1 Å². The lowest BCUT2D eigenvalue weighted by atomic mass is 10.1. The maximum Gasteiger partial charge on any atom is 0.319 e. The summed E-state index contributed by atoms with van der Waals surface area (Å²) in [5, 5.41) is 11.0. The minimum absolute atomic E-state index is 0.199. The largest absolute Gasteiger partial charge is 0.497 e. The lowest BCUT2D eigenvalue weighted by Crippen LogP contribution is -2.31. The molecule has 0 saturated carbocycles. The number of halogens is 1. The van der Waals surface area contributed by atoms with E-state index in [1.807, 2.05) is 79.7 Å². The van der Waals surface area contributed by atoms with Crippen LogP contribution in [0.1, 0.15) is 18.5 Å². The minimum Gasteiger partial charge on any atom is -0.497 e. The van der Waals surface area contributed by atoms with Crippen LogP contribution in [0.5, 0.6) is 5.75 Å². The van der Waals surface area contributed by atoms with Crippen LogP contribution in [-0.4, -0.2) is 22.9 Å².